The molecule has 30 heavy (non-hydrogen) atoms. The lowest BCUT2D eigenvalue weighted by atomic mass is 9.94. The van der Waals surface area contributed by atoms with Gasteiger partial charge in [0.15, 0.2) is 0 Å². The maximum absolute atomic E-state index is 13.3. The van der Waals surface area contributed by atoms with Gasteiger partial charge in [0.25, 0.3) is 5.91 Å². The lowest BCUT2D eigenvalue weighted by molar-refractivity contribution is -0.143. The zero-order chi connectivity index (χ0) is 21.1. The first-order valence-corrected chi connectivity index (χ1v) is 10.9. The summed E-state index contributed by atoms with van der Waals surface area (Å²) in [5.41, 5.74) is 3.82. The van der Waals surface area contributed by atoms with Crippen LogP contribution in [0.15, 0.2) is 42.5 Å². The quantitative estimate of drug-likeness (QED) is 0.695. The third kappa shape index (κ3) is 4.20. The Morgan fingerprint density at radius 1 is 1.10 bits per heavy atom. The van der Waals surface area contributed by atoms with Gasteiger partial charge < -0.3 is 14.8 Å². The molecule has 1 fully saturated rings. The molecule has 0 spiro atoms. The Bertz CT molecular complexity index is 934. The second kappa shape index (κ2) is 8.90. The number of ether oxygens (including phenoxy) is 2. The molecule has 1 amide bonds. The third-order valence-electron chi connectivity index (χ3n) is 6.18. The molecule has 2 aromatic rings. The predicted octanol–water partition coefficient (Wildman–Crippen LogP) is 4.32. The summed E-state index contributed by atoms with van der Waals surface area (Å²) in [5, 5.41) is 3.19. The van der Waals surface area contributed by atoms with Crippen LogP contribution in [-0.4, -0.2) is 30.6 Å². The van der Waals surface area contributed by atoms with Crippen molar-refractivity contribution < 1.29 is 19.1 Å². The van der Waals surface area contributed by atoms with Crippen molar-refractivity contribution in [2.24, 2.45) is 0 Å². The van der Waals surface area contributed by atoms with Gasteiger partial charge >= 0.3 is 5.97 Å². The SMILES string of the molecule is CCOC(=O)CC1c2ccccc2CC1NC(=O)c1cccc(C)c1OC1CCC1. The van der Waals surface area contributed by atoms with Crippen molar-refractivity contribution in [2.75, 3.05) is 6.61 Å². The fourth-order valence-corrected chi connectivity index (χ4v) is 4.37. The molecule has 2 aliphatic carbocycles. The van der Waals surface area contributed by atoms with Crippen molar-refractivity contribution in [1.29, 1.82) is 0 Å². The Labute approximate surface area is 177 Å². The smallest absolute Gasteiger partial charge is 0.306 e. The first-order valence-electron chi connectivity index (χ1n) is 10.9. The number of benzene rings is 2. The van der Waals surface area contributed by atoms with Crippen molar-refractivity contribution in [1.82, 2.24) is 5.32 Å². The van der Waals surface area contributed by atoms with E-state index in [1.807, 2.05) is 43.3 Å². The van der Waals surface area contributed by atoms with Crippen LogP contribution in [0.5, 0.6) is 5.75 Å². The van der Waals surface area contributed by atoms with Gasteiger partial charge in [-0.3, -0.25) is 9.59 Å². The van der Waals surface area contributed by atoms with Gasteiger partial charge in [-0.05, 0) is 62.3 Å². The van der Waals surface area contributed by atoms with Crippen LogP contribution in [0.1, 0.15) is 65.6 Å². The molecule has 4 rings (SSSR count). The van der Waals surface area contributed by atoms with Crippen LogP contribution in [0, 0.1) is 6.92 Å². The standard InChI is InChI=1S/C25H29NO4/c1-3-29-23(27)15-21-19-12-5-4-9-17(19)14-22(21)26-25(28)20-13-6-8-16(2)24(20)30-18-10-7-11-18/h4-6,8-9,12-13,18,21-22H,3,7,10-11,14-15H2,1-2H3,(H,26,28). The van der Waals surface area contributed by atoms with Crippen molar-refractivity contribution >= 4 is 11.9 Å². The zero-order valence-corrected chi connectivity index (χ0v) is 17.6. The molecule has 5 heteroatoms. The average molecular weight is 408 g/mol. The number of hydrogen-bond donors (Lipinski definition) is 1. The van der Waals surface area contributed by atoms with E-state index in [0.29, 0.717) is 24.3 Å². The molecule has 0 saturated heterocycles. The summed E-state index contributed by atoms with van der Waals surface area (Å²) in [5.74, 6) is 0.199. The van der Waals surface area contributed by atoms with E-state index in [9.17, 15) is 9.59 Å². The molecule has 158 valence electrons. The summed E-state index contributed by atoms with van der Waals surface area (Å²) in [6, 6.07) is 13.6. The molecule has 0 aliphatic heterocycles. The van der Waals surface area contributed by atoms with Crippen LogP contribution in [0.25, 0.3) is 0 Å². The van der Waals surface area contributed by atoms with Gasteiger partial charge in [0, 0.05) is 12.0 Å². The predicted molar refractivity (Wildman–Crippen MR) is 115 cm³/mol. The minimum atomic E-state index is -0.233. The summed E-state index contributed by atoms with van der Waals surface area (Å²) >= 11 is 0. The molecular formula is C25H29NO4. The molecule has 2 aliphatic rings. The second-order valence-corrected chi connectivity index (χ2v) is 8.22. The van der Waals surface area contributed by atoms with E-state index < -0.39 is 0 Å². The summed E-state index contributed by atoms with van der Waals surface area (Å²) in [7, 11) is 0. The van der Waals surface area contributed by atoms with E-state index in [2.05, 4.69) is 11.4 Å². The highest BCUT2D eigenvalue weighted by atomic mass is 16.5. The molecule has 0 heterocycles. The van der Waals surface area contributed by atoms with E-state index in [-0.39, 0.29) is 36.4 Å². The number of carbonyl (C=O) groups excluding carboxylic acids is 2. The molecule has 5 nitrogen and oxygen atoms in total. The molecule has 1 N–H and O–H groups in total. The van der Waals surface area contributed by atoms with Gasteiger partial charge in [-0.1, -0.05) is 36.4 Å². The molecule has 2 aromatic carbocycles. The summed E-state index contributed by atoms with van der Waals surface area (Å²) < 4.78 is 11.3. The van der Waals surface area contributed by atoms with E-state index in [1.54, 1.807) is 6.92 Å². The third-order valence-corrected chi connectivity index (χ3v) is 6.18. The number of fused-ring (bicyclic) bond motifs is 1. The highest BCUT2D eigenvalue weighted by Crippen LogP contribution is 2.37. The normalized spacial score (nSPS) is 20.2. The van der Waals surface area contributed by atoms with Gasteiger partial charge in [0.2, 0.25) is 0 Å². The summed E-state index contributed by atoms with van der Waals surface area (Å²) in [6.07, 6.45) is 4.41. The number of amides is 1. The Morgan fingerprint density at radius 3 is 2.63 bits per heavy atom. The molecular weight excluding hydrogens is 378 g/mol. The Kier molecular flexibility index (Phi) is 6.07. The number of esters is 1. The maximum atomic E-state index is 13.3. The fraction of sp³-hybridized carbons (Fsp3) is 0.440. The minimum Gasteiger partial charge on any atom is -0.489 e. The molecule has 2 unspecified atom stereocenters. The van der Waals surface area contributed by atoms with E-state index in [1.165, 1.54) is 12.0 Å². The van der Waals surface area contributed by atoms with Gasteiger partial charge in [0.05, 0.1) is 24.7 Å². The molecule has 1 saturated carbocycles. The van der Waals surface area contributed by atoms with Gasteiger partial charge in [-0.25, -0.2) is 0 Å². The van der Waals surface area contributed by atoms with Crippen LogP contribution >= 0.6 is 0 Å². The van der Waals surface area contributed by atoms with Crippen molar-refractivity contribution in [2.45, 2.75) is 64.0 Å². The number of hydrogen-bond acceptors (Lipinski definition) is 4. The lowest BCUT2D eigenvalue weighted by Gasteiger charge is -2.28. The number of rotatable bonds is 7. The van der Waals surface area contributed by atoms with Crippen molar-refractivity contribution in [3.8, 4) is 5.75 Å². The van der Waals surface area contributed by atoms with E-state index in [0.717, 1.165) is 24.0 Å². The molecule has 0 radical (unpaired) electrons. The van der Waals surface area contributed by atoms with E-state index in [4.69, 9.17) is 9.47 Å². The monoisotopic (exact) mass is 407 g/mol. The summed E-state index contributed by atoms with van der Waals surface area (Å²) in [4.78, 5) is 25.5. The lowest BCUT2D eigenvalue weighted by Crippen LogP contribution is -2.39. The highest BCUT2D eigenvalue weighted by Gasteiger charge is 2.36. The van der Waals surface area contributed by atoms with Crippen molar-refractivity contribution in [3.63, 3.8) is 0 Å². The van der Waals surface area contributed by atoms with Crippen LogP contribution in [-0.2, 0) is 16.0 Å². The largest absolute Gasteiger partial charge is 0.489 e. The maximum Gasteiger partial charge on any atom is 0.306 e. The second-order valence-electron chi connectivity index (χ2n) is 8.22. The Hall–Kier alpha value is -2.82. The summed E-state index contributed by atoms with van der Waals surface area (Å²) in [6.45, 7) is 4.14. The minimum absolute atomic E-state index is 0.0926. The van der Waals surface area contributed by atoms with Crippen molar-refractivity contribution in [3.05, 3.63) is 64.7 Å². The first kappa shape index (κ1) is 20.5. The Morgan fingerprint density at radius 2 is 1.90 bits per heavy atom. The topological polar surface area (TPSA) is 64.6 Å². The molecule has 2 atom stereocenters. The molecule has 0 aromatic heterocycles. The number of carbonyl (C=O) groups is 2. The highest BCUT2D eigenvalue weighted by molar-refractivity contribution is 5.97. The fourth-order valence-electron chi connectivity index (χ4n) is 4.37. The van der Waals surface area contributed by atoms with E-state index >= 15 is 0 Å². The number of aryl methyl sites for hydroxylation is 1. The Balaban J connectivity index is 1.55. The van der Waals surface area contributed by atoms with Gasteiger partial charge in [-0.2, -0.15) is 0 Å². The van der Waals surface area contributed by atoms with Gasteiger partial charge in [-0.15, -0.1) is 0 Å². The zero-order valence-electron chi connectivity index (χ0n) is 17.6. The number of nitrogens with one attached hydrogen (secondary N) is 1. The van der Waals surface area contributed by atoms with Crippen LogP contribution < -0.4 is 10.1 Å². The van der Waals surface area contributed by atoms with Crippen LogP contribution in [0.2, 0.25) is 0 Å². The van der Waals surface area contributed by atoms with Gasteiger partial charge in [0.1, 0.15) is 5.75 Å². The van der Waals surface area contributed by atoms with Crippen LogP contribution in [0.3, 0.4) is 0 Å². The average Bonchev–Trinajstić information content (AvgIpc) is 3.02. The molecule has 0 bridgehead atoms. The first-order chi connectivity index (χ1) is 14.6. The number of para-hydroxylation sites is 1. The van der Waals surface area contributed by atoms with Crippen LogP contribution in [0.4, 0.5) is 0 Å².